The summed E-state index contributed by atoms with van der Waals surface area (Å²) in [4.78, 5) is 10.7. The summed E-state index contributed by atoms with van der Waals surface area (Å²) in [6.45, 7) is 0. The molecule has 0 aliphatic rings. The highest BCUT2D eigenvalue weighted by molar-refractivity contribution is 7.14. The minimum absolute atomic E-state index is 0.0412. The first kappa shape index (κ1) is 9.23. The quantitative estimate of drug-likeness (QED) is 0.860. The summed E-state index contributed by atoms with van der Waals surface area (Å²) >= 11 is 7.03. The largest absolute Gasteiger partial charge is 0.477 e. The molecule has 0 amide bonds. The van der Waals surface area contributed by atoms with E-state index in [9.17, 15) is 4.79 Å². The number of aromatic carboxylic acids is 1. The second-order valence-corrected chi connectivity index (χ2v) is 4.06. The summed E-state index contributed by atoms with van der Waals surface area (Å²) in [6, 6.07) is 1.64. The van der Waals surface area contributed by atoms with Gasteiger partial charge in [-0.25, -0.2) is 4.79 Å². The van der Waals surface area contributed by atoms with Gasteiger partial charge in [-0.2, -0.15) is 0 Å². The Kier molecular flexibility index (Phi) is 2.26. The molecule has 0 fully saturated rings. The molecule has 0 spiro atoms. The number of aromatic nitrogens is 1. The average molecular weight is 230 g/mol. The van der Waals surface area contributed by atoms with Crippen molar-refractivity contribution in [1.29, 1.82) is 0 Å². The molecular weight excluding hydrogens is 226 g/mol. The first-order valence-corrected chi connectivity index (χ1v) is 4.86. The van der Waals surface area contributed by atoms with Crippen LogP contribution in [0.1, 0.15) is 10.4 Å². The Labute approximate surface area is 87.7 Å². The average Bonchev–Trinajstić information content (AvgIpc) is 2.70. The van der Waals surface area contributed by atoms with Crippen LogP contribution in [0.3, 0.4) is 0 Å². The molecule has 0 bridgehead atoms. The van der Waals surface area contributed by atoms with Crippen molar-refractivity contribution in [3.63, 3.8) is 0 Å². The molecule has 0 aromatic carbocycles. The van der Waals surface area contributed by atoms with Gasteiger partial charge in [0.05, 0.1) is 10.5 Å². The van der Waals surface area contributed by atoms with Gasteiger partial charge in [-0.05, 0) is 6.07 Å². The fourth-order valence-electron chi connectivity index (χ4n) is 1.03. The molecule has 2 aromatic rings. The van der Waals surface area contributed by atoms with E-state index >= 15 is 0 Å². The Balaban J connectivity index is 2.51. The summed E-state index contributed by atoms with van der Waals surface area (Å²) in [5.41, 5.74) is 0.675. The van der Waals surface area contributed by atoms with Crippen molar-refractivity contribution in [2.24, 2.45) is 0 Å². The number of carboxylic acids is 1. The molecule has 0 unspecified atom stereocenters. The van der Waals surface area contributed by atoms with Gasteiger partial charge >= 0.3 is 5.97 Å². The smallest absolute Gasteiger partial charge is 0.341 e. The zero-order valence-corrected chi connectivity index (χ0v) is 8.30. The van der Waals surface area contributed by atoms with E-state index in [0.29, 0.717) is 9.90 Å². The van der Waals surface area contributed by atoms with Gasteiger partial charge < -0.3 is 9.63 Å². The topological polar surface area (TPSA) is 63.3 Å². The summed E-state index contributed by atoms with van der Waals surface area (Å²) in [6.07, 6.45) is 1.17. The molecule has 0 aliphatic heterocycles. The first-order valence-electron chi connectivity index (χ1n) is 3.61. The van der Waals surface area contributed by atoms with Crippen molar-refractivity contribution in [3.8, 4) is 11.3 Å². The van der Waals surface area contributed by atoms with Gasteiger partial charge in [-0.15, -0.1) is 11.3 Å². The second-order valence-electron chi connectivity index (χ2n) is 2.51. The fraction of sp³-hybridized carbons (Fsp3) is 0. The maximum Gasteiger partial charge on any atom is 0.341 e. The van der Waals surface area contributed by atoms with Crippen LogP contribution in [-0.2, 0) is 0 Å². The van der Waals surface area contributed by atoms with E-state index in [1.165, 1.54) is 17.5 Å². The minimum atomic E-state index is -1.07. The van der Waals surface area contributed by atoms with Crippen molar-refractivity contribution in [3.05, 3.63) is 27.5 Å². The third-order valence-electron chi connectivity index (χ3n) is 1.63. The van der Waals surface area contributed by atoms with Crippen LogP contribution in [0.25, 0.3) is 11.3 Å². The molecule has 72 valence electrons. The lowest BCUT2D eigenvalue weighted by molar-refractivity contribution is 0.0697. The van der Waals surface area contributed by atoms with Crippen LogP contribution in [0.5, 0.6) is 0 Å². The Hall–Kier alpha value is -1.33. The van der Waals surface area contributed by atoms with Gasteiger partial charge in [-0.1, -0.05) is 16.8 Å². The third-order valence-corrected chi connectivity index (χ3v) is 2.72. The maximum absolute atomic E-state index is 10.7. The fourth-order valence-corrected chi connectivity index (χ4v) is 1.89. The van der Waals surface area contributed by atoms with Crippen molar-refractivity contribution in [1.82, 2.24) is 5.16 Å². The predicted molar refractivity (Wildman–Crippen MR) is 51.8 cm³/mol. The van der Waals surface area contributed by atoms with Crippen molar-refractivity contribution in [2.75, 3.05) is 0 Å². The lowest BCUT2D eigenvalue weighted by atomic mass is 10.2. The van der Waals surface area contributed by atoms with Crippen LogP contribution in [0.15, 0.2) is 22.2 Å². The highest BCUT2D eigenvalue weighted by Gasteiger charge is 2.17. The monoisotopic (exact) mass is 229 g/mol. The van der Waals surface area contributed by atoms with Crippen molar-refractivity contribution < 1.29 is 14.4 Å². The van der Waals surface area contributed by atoms with E-state index < -0.39 is 5.97 Å². The molecule has 0 saturated heterocycles. The number of hydrogen-bond donors (Lipinski definition) is 1. The summed E-state index contributed by atoms with van der Waals surface area (Å²) in [5.74, 6) is -0.829. The van der Waals surface area contributed by atoms with E-state index in [1.807, 2.05) is 0 Å². The van der Waals surface area contributed by atoms with E-state index in [1.54, 1.807) is 11.4 Å². The molecule has 14 heavy (non-hydrogen) atoms. The second kappa shape index (κ2) is 3.43. The molecule has 6 heteroatoms. The minimum Gasteiger partial charge on any atom is -0.477 e. The molecule has 2 heterocycles. The molecule has 4 nitrogen and oxygen atoms in total. The predicted octanol–water partition coefficient (Wildman–Crippen LogP) is 2.75. The third kappa shape index (κ3) is 1.51. The highest BCUT2D eigenvalue weighted by atomic mass is 35.5. The number of rotatable bonds is 2. The molecule has 2 aromatic heterocycles. The van der Waals surface area contributed by atoms with Crippen LogP contribution in [-0.4, -0.2) is 16.2 Å². The summed E-state index contributed by atoms with van der Waals surface area (Å²) < 4.78 is 5.42. The Morgan fingerprint density at radius 1 is 1.64 bits per heavy atom. The Bertz CT molecular complexity index is 476. The summed E-state index contributed by atoms with van der Waals surface area (Å²) in [5, 5.41) is 13.9. The normalized spacial score (nSPS) is 10.4. The van der Waals surface area contributed by atoms with Crippen LogP contribution in [0, 0.1) is 0 Å². The molecule has 0 saturated carbocycles. The Morgan fingerprint density at radius 3 is 3.00 bits per heavy atom. The molecule has 0 atom stereocenters. The van der Waals surface area contributed by atoms with Crippen LogP contribution < -0.4 is 0 Å². The van der Waals surface area contributed by atoms with Crippen molar-refractivity contribution >= 4 is 28.9 Å². The number of halogens is 1. The number of nitrogens with zero attached hydrogens (tertiary/aromatic N) is 1. The SMILES string of the molecule is O=C(O)c1cnoc1-c1csc(Cl)c1. The number of hydrogen-bond acceptors (Lipinski definition) is 4. The van der Waals surface area contributed by atoms with Crippen LogP contribution in [0.2, 0.25) is 4.34 Å². The van der Waals surface area contributed by atoms with Crippen LogP contribution >= 0.6 is 22.9 Å². The zero-order valence-electron chi connectivity index (χ0n) is 6.73. The number of carbonyl (C=O) groups is 1. The van der Waals surface area contributed by atoms with Gasteiger partial charge in [0.15, 0.2) is 5.76 Å². The Morgan fingerprint density at radius 2 is 2.43 bits per heavy atom. The van der Waals surface area contributed by atoms with E-state index in [2.05, 4.69) is 5.16 Å². The van der Waals surface area contributed by atoms with Crippen LogP contribution in [0.4, 0.5) is 0 Å². The highest BCUT2D eigenvalue weighted by Crippen LogP contribution is 2.30. The van der Waals surface area contributed by atoms with Gasteiger partial charge in [0.2, 0.25) is 0 Å². The van der Waals surface area contributed by atoms with Gasteiger partial charge in [0, 0.05) is 10.9 Å². The lowest BCUT2D eigenvalue weighted by Gasteiger charge is -1.91. The van der Waals surface area contributed by atoms with E-state index in [0.717, 1.165) is 0 Å². The molecule has 2 rings (SSSR count). The molecule has 0 aliphatic carbocycles. The van der Waals surface area contributed by atoms with Gasteiger partial charge in [0.25, 0.3) is 0 Å². The first-order chi connectivity index (χ1) is 6.68. The van der Waals surface area contributed by atoms with Gasteiger partial charge in [-0.3, -0.25) is 0 Å². The number of thiophene rings is 1. The number of carboxylic acid groups (broad SMARTS) is 1. The molecule has 1 N–H and O–H groups in total. The summed E-state index contributed by atoms with van der Waals surface area (Å²) in [7, 11) is 0. The standard InChI is InChI=1S/C8H4ClNO3S/c9-6-1-4(3-14-6)7-5(8(11)12)2-10-13-7/h1-3H,(H,11,12). The van der Waals surface area contributed by atoms with E-state index in [4.69, 9.17) is 21.2 Å². The molecular formula is C8H4ClNO3S. The van der Waals surface area contributed by atoms with Crippen molar-refractivity contribution in [2.45, 2.75) is 0 Å². The zero-order chi connectivity index (χ0) is 10.1. The molecule has 0 radical (unpaired) electrons. The van der Waals surface area contributed by atoms with Gasteiger partial charge in [0.1, 0.15) is 5.56 Å². The van der Waals surface area contributed by atoms with E-state index in [-0.39, 0.29) is 11.3 Å². The lowest BCUT2D eigenvalue weighted by Crippen LogP contribution is -1.95. The maximum atomic E-state index is 10.7.